The second-order valence-electron chi connectivity index (χ2n) is 1.88. The summed E-state index contributed by atoms with van der Waals surface area (Å²) in [6.45, 7) is 5.40. The van der Waals surface area contributed by atoms with Crippen LogP contribution < -0.4 is 0 Å². The molecule has 0 bridgehead atoms. The first-order chi connectivity index (χ1) is 4.76. The van der Waals surface area contributed by atoms with E-state index in [0.717, 1.165) is 0 Å². The third kappa shape index (κ3) is 2.77. The fraction of sp³-hybridized carbons (Fsp3) is 0.200. The number of alkyl halides is 3. The van der Waals surface area contributed by atoms with Gasteiger partial charge in [0.25, 0.3) is 0 Å². The molecule has 0 unspecified atom stereocenters. The van der Waals surface area contributed by atoms with E-state index in [9.17, 15) is 13.2 Å². The summed E-state index contributed by atoms with van der Waals surface area (Å²) in [5.74, 6) is 0. The normalized spacial score (nSPS) is 11.0. The smallest absolute Gasteiger partial charge is 0.423 e. The highest BCUT2D eigenvalue weighted by Gasteiger charge is 2.36. The van der Waals surface area contributed by atoms with E-state index in [1.165, 1.54) is 0 Å². The Labute approximate surface area is 61.8 Å². The van der Waals surface area contributed by atoms with Crippen molar-refractivity contribution < 1.29 is 23.2 Å². The van der Waals surface area contributed by atoms with Crippen LogP contribution in [0.15, 0.2) is 24.2 Å². The summed E-state index contributed by atoms with van der Waals surface area (Å²) in [5, 5.41) is 16.5. The number of halogens is 3. The third-order valence-corrected chi connectivity index (χ3v) is 1.04. The SMILES string of the molecule is C=C(B(O)O)C(=C)C(F)(F)F. The van der Waals surface area contributed by atoms with Crippen LogP contribution in [-0.2, 0) is 0 Å². The van der Waals surface area contributed by atoms with Gasteiger partial charge in [-0.3, -0.25) is 0 Å². The molecule has 6 heteroatoms. The summed E-state index contributed by atoms with van der Waals surface area (Å²) >= 11 is 0. The van der Waals surface area contributed by atoms with Crippen molar-refractivity contribution >= 4 is 7.12 Å². The third-order valence-electron chi connectivity index (χ3n) is 1.04. The van der Waals surface area contributed by atoms with Gasteiger partial charge in [0.2, 0.25) is 0 Å². The van der Waals surface area contributed by atoms with Crippen molar-refractivity contribution in [2.45, 2.75) is 6.18 Å². The maximum Gasteiger partial charge on any atom is 0.488 e. The van der Waals surface area contributed by atoms with Gasteiger partial charge in [0.1, 0.15) is 0 Å². The van der Waals surface area contributed by atoms with Crippen LogP contribution in [0.1, 0.15) is 0 Å². The van der Waals surface area contributed by atoms with Gasteiger partial charge in [-0.05, 0) is 5.47 Å². The lowest BCUT2D eigenvalue weighted by atomic mass is 9.76. The average Bonchev–Trinajstić information content (AvgIpc) is 1.82. The molecule has 0 aromatic carbocycles. The van der Waals surface area contributed by atoms with Crippen LogP contribution in [0.5, 0.6) is 0 Å². The Hall–Kier alpha value is -0.745. The molecule has 0 saturated heterocycles. The zero-order valence-electron chi connectivity index (χ0n) is 5.52. The molecular weight excluding hydrogens is 160 g/mol. The fourth-order valence-electron chi connectivity index (χ4n) is 0.338. The van der Waals surface area contributed by atoms with E-state index in [2.05, 4.69) is 13.2 Å². The van der Waals surface area contributed by atoms with Crippen molar-refractivity contribution in [1.82, 2.24) is 0 Å². The molecule has 0 atom stereocenters. The first kappa shape index (κ1) is 10.3. The van der Waals surface area contributed by atoms with Gasteiger partial charge in [-0.1, -0.05) is 13.2 Å². The van der Waals surface area contributed by atoms with Gasteiger partial charge < -0.3 is 10.0 Å². The van der Waals surface area contributed by atoms with Crippen LogP contribution in [0.4, 0.5) is 13.2 Å². The standard InChI is InChI=1S/C5H6BF3O2/c1-3(5(7,8)9)4(2)6(10)11/h10-11H,1-2H2. The predicted molar refractivity (Wildman–Crippen MR) is 34.5 cm³/mol. The van der Waals surface area contributed by atoms with Crippen LogP contribution in [0.2, 0.25) is 0 Å². The van der Waals surface area contributed by atoms with Gasteiger partial charge >= 0.3 is 13.3 Å². The van der Waals surface area contributed by atoms with Crippen molar-refractivity contribution in [2.24, 2.45) is 0 Å². The topological polar surface area (TPSA) is 40.5 Å². The van der Waals surface area contributed by atoms with Gasteiger partial charge in [0.05, 0.1) is 0 Å². The van der Waals surface area contributed by atoms with Gasteiger partial charge in [-0.15, -0.1) is 0 Å². The molecule has 62 valence electrons. The fourth-order valence-corrected chi connectivity index (χ4v) is 0.338. The second kappa shape index (κ2) is 3.10. The summed E-state index contributed by atoms with van der Waals surface area (Å²) in [4.78, 5) is 0. The Balaban J connectivity index is 4.40. The Morgan fingerprint density at radius 1 is 1.18 bits per heavy atom. The molecular formula is C5H6BF3O2. The van der Waals surface area contributed by atoms with E-state index < -0.39 is 24.3 Å². The van der Waals surface area contributed by atoms with Gasteiger partial charge in [0, 0.05) is 5.57 Å². The second-order valence-corrected chi connectivity index (χ2v) is 1.88. The number of hydrogen-bond donors (Lipinski definition) is 2. The molecule has 0 heterocycles. The number of hydrogen-bond acceptors (Lipinski definition) is 2. The summed E-state index contributed by atoms with van der Waals surface area (Å²) in [5.41, 5.74) is -2.16. The van der Waals surface area contributed by atoms with Crippen LogP contribution in [0, 0.1) is 0 Å². The molecule has 2 nitrogen and oxygen atoms in total. The highest BCUT2D eigenvalue weighted by Crippen LogP contribution is 2.28. The zero-order valence-corrected chi connectivity index (χ0v) is 5.52. The predicted octanol–water partition coefficient (Wildman–Crippen LogP) is 0.673. The van der Waals surface area contributed by atoms with Crippen molar-refractivity contribution in [3.63, 3.8) is 0 Å². The Bertz CT molecular complexity index is 185. The summed E-state index contributed by atoms with van der Waals surface area (Å²) in [7, 11) is -2.20. The maximum absolute atomic E-state index is 11.7. The molecule has 0 aliphatic carbocycles. The Morgan fingerprint density at radius 3 is 1.64 bits per heavy atom. The highest BCUT2D eigenvalue weighted by atomic mass is 19.4. The van der Waals surface area contributed by atoms with E-state index >= 15 is 0 Å². The monoisotopic (exact) mass is 166 g/mol. The molecule has 0 radical (unpaired) electrons. The molecule has 0 aromatic heterocycles. The minimum Gasteiger partial charge on any atom is -0.423 e. The van der Waals surface area contributed by atoms with Gasteiger partial charge in [-0.25, -0.2) is 0 Å². The Morgan fingerprint density at radius 2 is 1.55 bits per heavy atom. The summed E-state index contributed by atoms with van der Waals surface area (Å²) < 4.78 is 35.0. The van der Waals surface area contributed by atoms with E-state index in [-0.39, 0.29) is 0 Å². The molecule has 0 aliphatic heterocycles. The number of allylic oxidation sites excluding steroid dienone is 2. The van der Waals surface area contributed by atoms with E-state index in [0.29, 0.717) is 0 Å². The maximum atomic E-state index is 11.7. The number of rotatable bonds is 2. The van der Waals surface area contributed by atoms with E-state index in [1.807, 2.05) is 0 Å². The molecule has 2 N–H and O–H groups in total. The van der Waals surface area contributed by atoms with Crippen molar-refractivity contribution in [3.05, 3.63) is 24.2 Å². The van der Waals surface area contributed by atoms with E-state index in [1.54, 1.807) is 0 Å². The average molecular weight is 166 g/mol. The lowest BCUT2D eigenvalue weighted by molar-refractivity contribution is -0.0885. The van der Waals surface area contributed by atoms with Crippen molar-refractivity contribution in [3.8, 4) is 0 Å². The minimum absolute atomic E-state index is 0.836. The van der Waals surface area contributed by atoms with Crippen LogP contribution in [0.25, 0.3) is 0 Å². The molecule has 0 aromatic rings. The van der Waals surface area contributed by atoms with E-state index in [4.69, 9.17) is 10.0 Å². The van der Waals surface area contributed by atoms with Gasteiger partial charge in [0.15, 0.2) is 0 Å². The molecule has 0 aliphatic rings. The molecule has 11 heavy (non-hydrogen) atoms. The van der Waals surface area contributed by atoms with Crippen LogP contribution in [0.3, 0.4) is 0 Å². The lowest BCUT2D eigenvalue weighted by Crippen LogP contribution is -2.23. The van der Waals surface area contributed by atoms with Crippen molar-refractivity contribution in [2.75, 3.05) is 0 Å². The molecule has 0 fully saturated rings. The molecule has 0 spiro atoms. The van der Waals surface area contributed by atoms with Crippen molar-refractivity contribution in [1.29, 1.82) is 0 Å². The van der Waals surface area contributed by atoms with Gasteiger partial charge in [-0.2, -0.15) is 13.2 Å². The zero-order chi connectivity index (χ0) is 9.23. The molecule has 0 saturated carbocycles. The lowest BCUT2D eigenvalue weighted by Gasteiger charge is -2.11. The minimum atomic E-state index is -4.65. The quantitative estimate of drug-likeness (QED) is 0.467. The largest absolute Gasteiger partial charge is 0.488 e. The first-order valence-corrected chi connectivity index (χ1v) is 2.58. The molecule has 0 amide bonds. The highest BCUT2D eigenvalue weighted by molar-refractivity contribution is 6.52. The van der Waals surface area contributed by atoms with Crippen LogP contribution >= 0.6 is 0 Å². The van der Waals surface area contributed by atoms with Crippen LogP contribution in [-0.4, -0.2) is 23.3 Å². The first-order valence-electron chi connectivity index (χ1n) is 2.58. The summed E-state index contributed by atoms with van der Waals surface area (Å²) in [6.07, 6.45) is -4.65. The Kier molecular flexibility index (Phi) is 2.89. The summed E-state index contributed by atoms with van der Waals surface area (Å²) in [6, 6.07) is 0. The molecule has 0 rings (SSSR count).